The van der Waals surface area contributed by atoms with Crippen LogP contribution in [0.2, 0.25) is 0 Å². The van der Waals surface area contributed by atoms with Crippen LogP contribution in [-0.2, 0) is 9.53 Å². The van der Waals surface area contributed by atoms with E-state index in [0.29, 0.717) is 24.9 Å². The number of hydrogen-bond acceptors (Lipinski definition) is 2. The Bertz CT molecular complexity index is 543. The molecule has 0 N–H and O–H groups in total. The van der Waals surface area contributed by atoms with Gasteiger partial charge < -0.3 is 9.64 Å². The van der Waals surface area contributed by atoms with Crippen LogP contribution in [0, 0.1) is 11.8 Å². The van der Waals surface area contributed by atoms with Crippen molar-refractivity contribution in [1.82, 2.24) is 4.90 Å². The quantitative estimate of drug-likeness (QED) is 0.790. The summed E-state index contributed by atoms with van der Waals surface area (Å²) in [6, 6.07) is 10.5. The number of nitrogens with zero attached hydrogens (tertiary/aromatic N) is 1. The van der Waals surface area contributed by atoms with E-state index in [1.807, 2.05) is 6.07 Å². The topological polar surface area (TPSA) is 29.5 Å². The molecule has 1 saturated carbocycles. The number of ether oxygens (including phenoxy) is 1. The molecule has 2 heterocycles. The number of piperidine rings is 1. The first kappa shape index (κ1) is 13.3. The van der Waals surface area contributed by atoms with Crippen molar-refractivity contribution in [2.24, 2.45) is 11.8 Å². The van der Waals surface area contributed by atoms with Gasteiger partial charge in [-0.2, -0.15) is 0 Å². The smallest absolute Gasteiger partial charge is 0.225 e. The Balaban J connectivity index is 1.74. The lowest BCUT2D eigenvalue weighted by atomic mass is 9.69. The lowest BCUT2D eigenvalue weighted by Crippen LogP contribution is -2.60. The fourth-order valence-electron chi connectivity index (χ4n) is 4.83. The summed E-state index contributed by atoms with van der Waals surface area (Å²) in [5, 5.41) is 0. The van der Waals surface area contributed by atoms with Crippen molar-refractivity contribution in [3.63, 3.8) is 0 Å². The molecule has 1 spiro atoms. The third kappa shape index (κ3) is 1.87. The summed E-state index contributed by atoms with van der Waals surface area (Å²) in [6.07, 6.45) is 5.13. The normalized spacial score (nSPS) is 39.0. The fourth-order valence-corrected chi connectivity index (χ4v) is 4.83. The molecule has 2 aliphatic heterocycles. The molecule has 0 aromatic heterocycles. The predicted molar refractivity (Wildman–Crippen MR) is 80.5 cm³/mol. The number of hydrogen-bond donors (Lipinski definition) is 0. The summed E-state index contributed by atoms with van der Waals surface area (Å²) in [6.45, 7) is 2.98. The van der Waals surface area contributed by atoms with E-state index in [4.69, 9.17) is 4.74 Å². The molecule has 21 heavy (non-hydrogen) atoms. The number of rotatable bonds is 1. The van der Waals surface area contributed by atoms with Gasteiger partial charge in [0.2, 0.25) is 5.91 Å². The molecule has 4 atom stereocenters. The van der Waals surface area contributed by atoms with Crippen molar-refractivity contribution in [2.75, 3.05) is 6.61 Å². The van der Waals surface area contributed by atoms with Gasteiger partial charge in [0.05, 0.1) is 12.6 Å². The maximum atomic E-state index is 12.7. The fraction of sp³-hybridized carbons (Fsp3) is 0.611. The molecule has 112 valence electrons. The van der Waals surface area contributed by atoms with Gasteiger partial charge in [-0.05, 0) is 30.7 Å². The third-order valence-electron chi connectivity index (χ3n) is 5.79. The van der Waals surface area contributed by atoms with E-state index in [9.17, 15) is 4.79 Å². The first-order chi connectivity index (χ1) is 10.2. The maximum absolute atomic E-state index is 12.7. The van der Waals surface area contributed by atoms with Crippen LogP contribution in [0.25, 0.3) is 0 Å². The van der Waals surface area contributed by atoms with E-state index in [1.165, 1.54) is 18.4 Å². The summed E-state index contributed by atoms with van der Waals surface area (Å²) >= 11 is 0. The highest BCUT2D eigenvalue weighted by Gasteiger charge is 2.59. The first-order valence-corrected chi connectivity index (χ1v) is 8.23. The van der Waals surface area contributed by atoms with Crippen molar-refractivity contribution >= 4 is 5.91 Å². The maximum Gasteiger partial charge on any atom is 0.225 e. The van der Waals surface area contributed by atoms with Gasteiger partial charge in [-0.3, -0.25) is 4.79 Å². The molecule has 0 bridgehead atoms. The summed E-state index contributed by atoms with van der Waals surface area (Å²) < 4.78 is 6.36. The SMILES string of the molecule is C[C@@H]1CCC[C@@]23OC[C@@H](c4ccccc4)N2C(=O)CC[C@@H]13. The molecular weight excluding hydrogens is 262 g/mol. The average Bonchev–Trinajstić information content (AvgIpc) is 2.89. The van der Waals surface area contributed by atoms with Crippen molar-refractivity contribution in [1.29, 1.82) is 0 Å². The molecule has 0 radical (unpaired) electrons. The van der Waals surface area contributed by atoms with Crippen LogP contribution < -0.4 is 0 Å². The molecule has 1 amide bonds. The molecule has 0 unspecified atom stereocenters. The van der Waals surface area contributed by atoms with Gasteiger partial charge >= 0.3 is 0 Å². The zero-order valence-electron chi connectivity index (χ0n) is 12.6. The highest BCUT2D eigenvalue weighted by atomic mass is 16.5. The Morgan fingerprint density at radius 1 is 1.24 bits per heavy atom. The van der Waals surface area contributed by atoms with Gasteiger partial charge in [0, 0.05) is 12.3 Å². The molecule has 2 saturated heterocycles. The summed E-state index contributed by atoms with van der Waals surface area (Å²) in [7, 11) is 0. The lowest BCUT2D eigenvalue weighted by molar-refractivity contribution is -0.193. The van der Waals surface area contributed by atoms with Crippen LogP contribution >= 0.6 is 0 Å². The van der Waals surface area contributed by atoms with E-state index >= 15 is 0 Å². The van der Waals surface area contributed by atoms with Crippen molar-refractivity contribution in [3.8, 4) is 0 Å². The average molecular weight is 285 g/mol. The van der Waals surface area contributed by atoms with Crippen molar-refractivity contribution in [3.05, 3.63) is 35.9 Å². The second-order valence-electron chi connectivity index (χ2n) is 6.86. The van der Waals surface area contributed by atoms with Gasteiger partial charge in [0.25, 0.3) is 0 Å². The minimum absolute atomic E-state index is 0.104. The van der Waals surface area contributed by atoms with Gasteiger partial charge in [-0.25, -0.2) is 0 Å². The second-order valence-corrected chi connectivity index (χ2v) is 6.86. The van der Waals surface area contributed by atoms with Crippen LogP contribution in [-0.4, -0.2) is 23.1 Å². The zero-order valence-corrected chi connectivity index (χ0v) is 12.6. The van der Waals surface area contributed by atoms with Crippen molar-refractivity contribution < 1.29 is 9.53 Å². The molecule has 3 fully saturated rings. The number of carbonyl (C=O) groups excluding carboxylic acids is 1. The molecule has 3 aliphatic rings. The largest absolute Gasteiger partial charge is 0.353 e. The molecule has 1 aromatic rings. The molecule has 1 aromatic carbocycles. The molecule has 4 rings (SSSR count). The number of amides is 1. The van der Waals surface area contributed by atoms with Crippen molar-refractivity contribution in [2.45, 2.75) is 50.8 Å². The standard InChI is InChI=1S/C18H23NO2/c1-13-6-5-11-18-15(13)9-10-17(20)19(18)16(12-21-18)14-7-3-2-4-8-14/h2-4,7-8,13,15-16H,5-6,9-12H2,1H3/t13-,15+,16+,18+/m1/s1. The lowest BCUT2D eigenvalue weighted by Gasteiger charge is -2.52. The van der Waals surface area contributed by atoms with E-state index in [0.717, 1.165) is 12.8 Å². The predicted octanol–water partition coefficient (Wildman–Crippen LogP) is 3.51. The van der Waals surface area contributed by atoms with E-state index in [-0.39, 0.29) is 17.7 Å². The molecule has 3 heteroatoms. The van der Waals surface area contributed by atoms with Gasteiger partial charge in [0.1, 0.15) is 5.72 Å². The van der Waals surface area contributed by atoms with Crippen LogP contribution in [0.5, 0.6) is 0 Å². The summed E-state index contributed by atoms with van der Waals surface area (Å²) in [5.74, 6) is 1.45. The summed E-state index contributed by atoms with van der Waals surface area (Å²) in [5.41, 5.74) is 0.898. The third-order valence-corrected chi connectivity index (χ3v) is 5.79. The Hall–Kier alpha value is -1.35. The summed E-state index contributed by atoms with van der Waals surface area (Å²) in [4.78, 5) is 14.8. The highest BCUT2D eigenvalue weighted by molar-refractivity contribution is 5.79. The van der Waals surface area contributed by atoms with Crippen LogP contribution in [0.3, 0.4) is 0 Å². The monoisotopic (exact) mass is 285 g/mol. The zero-order chi connectivity index (χ0) is 14.4. The van der Waals surface area contributed by atoms with E-state index in [1.54, 1.807) is 0 Å². The van der Waals surface area contributed by atoms with E-state index < -0.39 is 0 Å². The van der Waals surface area contributed by atoms with Crippen LogP contribution in [0.1, 0.15) is 50.6 Å². The Morgan fingerprint density at radius 2 is 2.05 bits per heavy atom. The molecule has 3 nitrogen and oxygen atoms in total. The number of carbonyl (C=O) groups is 1. The van der Waals surface area contributed by atoms with E-state index in [2.05, 4.69) is 36.1 Å². The van der Waals surface area contributed by atoms with Crippen LogP contribution in [0.4, 0.5) is 0 Å². The minimum atomic E-state index is -0.312. The van der Waals surface area contributed by atoms with Gasteiger partial charge in [-0.15, -0.1) is 0 Å². The van der Waals surface area contributed by atoms with Gasteiger partial charge in [0.15, 0.2) is 0 Å². The Morgan fingerprint density at radius 3 is 2.86 bits per heavy atom. The minimum Gasteiger partial charge on any atom is -0.353 e. The Labute approximate surface area is 126 Å². The second kappa shape index (κ2) is 4.84. The molecule has 1 aliphatic carbocycles. The highest BCUT2D eigenvalue weighted by Crippen LogP contribution is 2.54. The number of benzene rings is 1. The van der Waals surface area contributed by atoms with Crippen LogP contribution in [0.15, 0.2) is 30.3 Å². The molecular formula is C18H23NO2. The Kier molecular flexibility index (Phi) is 3.07. The van der Waals surface area contributed by atoms with Gasteiger partial charge in [-0.1, -0.05) is 43.7 Å². The first-order valence-electron chi connectivity index (χ1n) is 8.23.